The predicted octanol–water partition coefficient (Wildman–Crippen LogP) is 2.52. The van der Waals surface area contributed by atoms with Gasteiger partial charge in [-0.2, -0.15) is 4.31 Å². The van der Waals surface area contributed by atoms with Crippen molar-refractivity contribution in [2.24, 2.45) is 0 Å². The fourth-order valence-electron chi connectivity index (χ4n) is 2.81. The second-order valence-electron chi connectivity index (χ2n) is 6.05. The molecule has 0 radical (unpaired) electrons. The molecule has 7 heteroatoms. The third-order valence-corrected chi connectivity index (χ3v) is 6.19. The van der Waals surface area contributed by atoms with Crippen LogP contribution < -0.4 is 5.32 Å². The number of benzene rings is 2. The summed E-state index contributed by atoms with van der Waals surface area (Å²) in [4.78, 5) is 12.6. The summed E-state index contributed by atoms with van der Waals surface area (Å²) in [5.41, 5.74) is 2.11. The van der Waals surface area contributed by atoms with Crippen LogP contribution >= 0.6 is 0 Å². The van der Waals surface area contributed by atoms with E-state index in [0.29, 0.717) is 37.6 Å². The molecule has 1 saturated heterocycles. The highest BCUT2D eigenvalue weighted by Gasteiger charge is 2.26. The molecule has 6 nitrogen and oxygen atoms in total. The number of nitrogens with zero attached hydrogens (tertiary/aromatic N) is 1. The molecular formula is C19H22N2O4S. The van der Waals surface area contributed by atoms with Gasteiger partial charge in [0.25, 0.3) is 5.91 Å². The average Bonchev–Trinajstić information content (AvgIpc) is 2.69. The van der Waals surface area contributed by atoms with E-state index in [4.69, 9.17) is 4.74 Å². The highest BCUT2D eigenvalue weighted by molar-refractivity contribution is 7.89. The van der Waals surface area contributed by atoms with Gasteiger partial charge in [0, 0.05) is 24.3 Å². The Balaban J connectivity index is 1.81. The fraction of sp³-hybridized carbons (Fsp3) is 0.316. The van der Waals surface area contributed by atoms with Crippen molar-refractivity contribution in [2.75, 3.05) is 31.6 Å². The Kier molecular flexibility index (Phi) is 5.70. The van der Waals surface area contributed by atoms with Crippen molar-refractivity contribution in [3.63, 3.8) is 0 Å². The fourth-order valence-corrected chi connectivity index (χ4v) is 4.26. The lowest BCUT2D eigenvalue weighted by Gasteiger charge is -2.26. The smallest absolute Gasteiger partial charge is 0.255 e. The van der Waals surface area contributed by atoms with E-state index in [1.54, 1.807) is 12.1 Å². The zero-order valence-corrected chi connectivity index (χ0v) is 15.5. The van der Waals surface area contributed by atoms with Gasteiger partial charge in [0.1, 0.15) is 0 Å². The van der Waals surface area contributed by atoms with E-state index in [0.717, 1.165) is 12.0 Å². The molecule has 0 bridgehead atoms. The molecule has 1 aliphatic rings. The van der Waals surface area contributed by atoms with Crippen LogP contribution in [0.5, 0.6) is 0 Å². The van der Waals surface area contributed by atoms with Gasteiger partial charge in [0.05, 0.1) is 18.1 Å². The number of sulfonamides is 1. The monoisotopic (exact) mass is 374 g/mol. The molecule has 0 unspecified atom stereocenters. The van der Waals surface area contributed by atoms with Crippen LogP contribution in [0.2, 0.25) is 0 Å². The Bertz CT molecular complexity index is 890. The largest absolute Gasteiger partial charge is 0.379 e. The minimum absolute atomic E-state index is 0.120. The van der Waals surface area contributed by atoms with E-state index in [1.807, 2.05) is 31.2 Å². The SMILES string of the molecule is CCc1cccc(NC(=O)c2cccc(S(=O)(=O)N3CCOCC3)c2)c1. The highest BCUT2D eigenvalue weighted by atomic mass is 32.2. The number of morpholine rings is 1. The van der Waals surface area contributed by atoms with Crippen LogP contribution in [0.15, 0.2) is 53.4 Å². The average molecular weight is 374 g/mol. The topological polar surface area (TPSA) is 75.7 Å². The van der Waals surface area contributed by atoms with Crippen molar-refractivity contribution in [3.05, 3.63) is 59.7 Å². The van der Waals surface area contributed by atoms with Crippen LogP contribution in [0.25, 0.3) is 0 Å². The molecule has 0 saturated carbocycles. The number of anilines is 1. The van der Waals surface area contributed by atoms with Crippen LogP contribution in [0.1, 0.15) is 22.8 Å². The maximum atomic E-state index is 12.7. The van der Waals surface area contributed by atoms with E-state index in [1.165, 1.54) is 16.4 Å². The van der Waals surface area contributed by atoms with Crippen molar-refractivity contribution in [1.29, 1.82) is 0 Å². The van der Waals surface area contributed by atoms with Gasteiger partial charge in [-0.05, 0) is 42.3 Å². The summed E-state index contributed by atoms with van der Waals surface area (Å²) in [5, 5.41) is 2.82. The summed E-state index contributed by atoms with van der Waals surface area (Å²) in [6.45, 7) is 3.45. The Morgan fingerprint density at radius 2 is 1.85 bits per heavy atom. The third kappa shape index (κ3) is 4.12. The molecule has 1 amide bonds. The molecule has 0 spiro atoms. The van der Waals surface area contributed by atoms with Gasteiger partial charge in [-0.15, -0.1) is 0 Å². The van der Waals surface area contributed by atoms with Crippen molar-refractivity contribution in [2.45, 2.75) is 18.2 Å². The quantitative estimate of drug-likeness (QED) is 0.873. The summed E-state index contributed by atoms with van der Waals surface area (Å²) in [5.74, 6) is -0.336. The predicted molar refractivity (Wildman–Crippen MR) is 99.8 cm³/mol. The van der Waals surface area contributed by atoms with Crippen molar-refractivity contribution in [1.82, 2.24) is 4.31 Å². The molecule has 1 fully saturated rings. The van der Waals surface area contributed by atoms with Crippen LogP contribution in [-0.2, 0) is 21.2 Å². The number of rotatable bonds is 5. The number of nitrogens with one attached hydrogen (secondary N) is 1. The zero-order chi connectivity index (χ0) is 18.6. The summed E-state index contributed by atoms with van der Waals surface area (Å²) in [7, 11) is -3.63. The zero-order valence-electron chi connectivity index (χ0n) is 14.6. The standard InChI is InChI=1S/C19H22N2O4S/c1-2-15-5-3-7-17(13-15)20-19(22)16-6-4-8-18(14-16)26(23,24)21-9-11-25-12-10-21/h3-8,13-14H,2,9-12H2,1H3,(H,20,22). The normalized spacial score (nSPS) is 15.6. The molecule has 0 atom stereocenters. The first-order valence-electron chi connectivity index (χ1n) is 8.59. The summed E-state index contributed by atoms with van der Waals surface area (Å²) in [6.07, 6.45) is 0.872. The molecule has 2 aromatic rings. The number of carbonyl (C=O) groups excluding carboxylic acids is 1. The molecule has 1 N–H and O–H groups in total. The summed E-state index contributed by atoms with van der Waals surface area (Å²) >= 11 is 0. The van der Waals surface area contributed by atoms with E-state index in [2.05, 4.69) is 5.32 Å². The minimum atomic E-state index is -3.63. The van der Waals surface area contributed by atoms with Gasteiger partial charge >= 0.3 is 0 Å². The second-order valence-corrected chi connectivity index (χ2v) is 7.99. The number of carbonyl (C=O) groups is 1. The lowest BCUT2D eigenvalue weighted by molar-refractivity contribution is 0.0730. The van der Waals surface area contributed by atoms with Crippen LogP contribution in [0, 0.1) is 0 Å². The second kappa shape index (κ2) is 7.99. The minimum Gasteiger partial charge on any atom is -0.379 e. The lowest BCUT2D eigenvalue weighted by atomic mass is 10.1. The van der Waals surface area contributed by atoms with Gasteiger partial charge in [-0.3, -0.25) is 4.79 Å². The summed E-state index contributed by atoms with van der Waals surface area (Å²) < 4.78 is 32.1. The Morgan fingerprint density at radius 3 is 2.58 bits per heavy atom. The van der Waals surface area contributed by atoms with Crippen LogP contribution in [0.3, 0.4) is 0 Å². The van der Waals surface area contributed by atoms with Crippen molar-refractivity contribution < 1.29 is 17.9 Å². The first kappa shape index (κ1) is 18.6. The number of amides is 1. The van der Waals surface area contributed by atoms with Gasteiger partial charge in [0.2, 0.25) is 10.0 Å². The van der Waals surface area contributed by atoms with E-state index in [-0.39, 0.29) is 10.8 Å². The lowest BCUT2D eigenvalue weighted by Crippen LogP contribution is -2.40. The molecule has 0 aromatic heterocycles. The van der Waals surface area contributed by atoms with E-state index >= 15 is 0 Å². The molecule has 2 aromatic carbocycles. The van der Waals surface area contributed by atoms with E-state index < -0.39 is 10.0 Å². The van der Waals surface area contributed by atoms with Gasteiger partial charge in [-0.25, -0.2) is 8.42 Å². The molecule has 1 heterocycles. The Hall–Kier alpha value is -2.22. The molecule has 138 valence electrons. The number of hydrogen-bond donors (Lipinski definition) is 1. The Labute approximate surface area is 153 Å². The molecule has 26 heavy (non-hydrogen) atoms. The third-order valence-electron chi connectivity index (χ3n) is 4.30. The first-order valence-corrected chi connectivity index (χ1v) is 10.0. The maximum Gasteiger partial charge on any atom is 0.255 e. The molecule has 0 aliphatic carbocycles. The molecular weight excluding hydrogens is 352 g/mol. The van der Waals surface area contributed by atoms with Gasteiger partial charge in [0.15, 0.2) is 0 Å². The number of ether oxygens (including phenoxy) is 1. The number of hydrogen-bond acceptors (Lipinski definition) is 4. The summed E-state index contributed by atoms with van der Waals surface area (Å²) in [6, 6.07) is 13.7. The maximum absolute atomic E-state index is 12.7. The highest BCUT2D eigenvalue weighted by Crippen LogP contribution is 2.19. The van der Waals surface area contributed by atoms with Crippen molar-refractivity contribution in [3.8, 4) is 0 Å². The first-order chi connectivity index (χ1) is 12.5. The van der Waals surface area contributed by atoms with Crippen molar-refractivity contribution >= 4 is 21.6 Å². The van der Waals surface area contributed by atoms with Crippen LogP contribution in [0.4, 0.5) is 5.69 Å². The number of aryl methyl sites for hydroxylation is 1. The van der Waals surface area contributed by atoms with Gasteiger partial charge in [-0.1, -0.05) is 25.1 Å². The van der Waals surface area contributed by atoms with Gasteiger partial charge < -0.3 is 10.1 Å². The molecule has 1 aliphatic heterocycles. The van der Waals surface area contributed by atoms with Crippen LogP contribution in [-0.4, -0.2) is 44.9 Å². The molecule has 3 rings (SSSR count). The Morgan fingerprint density at radius 1 is 1.12 bits per heavy atom. The van der Waals surface area contributed by atoms with E-state index in [9.17, 15) is 13.2 Å².